The van der Waals surface area contributed by atoms with Crippen molar-refractivity contribution in [1.82, 2.24) is 4.31 Å². The van der Waals surface area contributed by atoms with Crippen molar-refractivity contribution >= 4 is 10.0 Å². The summed E-state index contributed by atoms with van der Waals surface area (Å²) in [5.74, 6) is 0.643. The molecule has 0 aromatic rings. The van der Waals surface area contributed by atoms with Gasteiger partial charge >= 0.3 is 0 Å². The van der Waals surface area contributed by atoms with Gasteiger partial charge in [0.05, 0.1) is 11.9 Å². The molecular weight excluding hydrogens is 240 g/mol. The van der Waals surface area contributed by atoms with Gasteiger partial charge in [-0.05, 0) is 38.1 Å². The van der Waals surface area contributed by atoms with Gasteiger partial charge in [0.25, 0.3) is 0 Å². The molecule has 6 heteroatoms. The quantitative estimate of drug-likeness (QED) is 0.783. The van der Waals surface area contributed by atoms with Crippen molar-refractivity contribution in [3.8, 4) is 0 Å². The SMILES string of the molecule is NCC1CCN(S(=O)(=O)CC2CCCO2)CC1. The van der Waals surface area contributed by atoms with E-state index in [2.05, 4.69) is 0 Å². The minimum absolute atomic E-state index is 0.0905. The van der Waals surface area contributed by atoms with Crippen LogP contribution in [0.25, 0.3) is 0 Å². The van der Waals surface area contributed by atoms with E-state index in [0.717, 1.165) is 25.7 Å². The third-order valence-corrected chi connectivity index (χ3v) is 5.67. The van der Waals surface area contributed by atoms with Crippen molar-refractivity contribution in [2.75, 3.05) is 32.0 Å². The first-order chi connectivity index (χ1) is 8.12. The number of hydrogen-bond donors (Lipinski definition) is 1. The highest BCUT2D eigenvalue weighted by Gasteiger charge is 2.31. The lowest BCUT2D eigenvalue weighted by atomic mass is 9.99. The van der Waals surface area contributed by atoms with Gasteiger partial charge in [0.1, 0.15) is 0 Å². The van der Waals surface area contributed by atoms with Crippen LogP contribution in [0.1, 0.15) is 25.7 Å². The molecule has 100 valence electrons. The number of piperidine rings is 1. The molecule has 17 heavy (non-hydrogen) atoms. The van der Waals surface area contributed by atoms with E-state index in [4.69, 9.17) is 10.5 Å². The molecule has 5 nitrogen and oxygen atoms in total. The molecule has 1 unspecified atom stereocenters. The van der Waals surface area contributed by atoms with E-state index in [9.17, 15) is 8.42 Å². The molecule has 2 saturated heterocycles. The first-order valence-electron chi connectivity index (χ1n) is 6.41. The first-order valence-corrected chi connectivity index (χ1v) is 8.02. The monoisotopic (exact) mass is 262 g/mol. The van der Waals surface area contributed by atoms with Crippen LogP contribution in [0.4, 0.5) is 0 Å². The molecule has 2 heterocycles. The Hall–Kier alpha value is -0.170. The fourth-order valence-electron chi connectivity index (χ4n) is 2.54. The van der Waals surface area contributed by atoms with Gasteiger partial charge in [-0.3, -0.25) is 0 Å². The van der Waals surface area contributed by atoms with E-state index in [1.54, 1.807) is 4.31 Å². The van der Waals surface area contributed by atoms with E-state index in [-0.39, 0.29) is 11.9 Å². The van der Waals surface area contributed by atoms with Crippen molar-refractivity contribution in [3.63, 3.8) is 0 Å². The summed E-state index contributed by atoms with van der Waals surface area (Å²) >= 11 is 0. The van der Waals surface area contributed by atoms with Crippen LogP contribution in [0.3, 0.4) is 0 Å². The van der Waals surface area contributed by atoms with Crippen LogP contribution in [0.2, 0.25) is 0 Å². The van der Waals surface area contributed by atoms with Crippen LogP contribution in [-0.2, 0) is 14.8 Å². The molecule has 2 rings (SSSR count). The summed E-state index contributed by atoms with van der Waals surface area (Å²) in [4.78, 5) is 0. The third-order valence-electron chi connectivity index (χ3n) is 3.72. The first kappa shape index (κ1) is 13.3. The molecule has 0 saturated carbocycles. The molecule has 0 aromatic carbocycles. The molecule has 0 aliphatic carbocycles. The second-order valence-corrected chi connectivity index (χ2v) is 7.01. The van der Waals surface area contributed by atoms with Crippen LogP contribution >= 0.6 is 0 Å². The molecule has 0 amide bonds. The number of nitrogens with zero attached hydrogens (tertiary/aromatic N) is 1. The van der Waals surface area contributed by atoms with Crippen LogP contribution < -0.4 is 5.73 Å². The second-order valence-electron chi connectivity index (χ2n) is 4.99. The van der Waals surface area contributed by atoms with Crippen molar-refractivity contribution in [1.29, 1.82) is 0 Å². The molecule has 2 fully saturated rings. The molecule has 0 spiro atoms. The predicted molar refractivity (Wildman–Crippen MR) is 66.1 cm³/mol. The zero-order chi connectivity index (χ0) is 12.3. The summed E-state index contributed by atoms with van der Waals surface area (Å²) in [7, 11) is -3.13. The lowest BCUT2D eigenvalue weighted by molar-refractivity contribution is 0.126. The summed E-state index contributed by atoms with van der Waals surface area (Å²) in [6.45, 7) is 2.61. The Bertz CT molecular complexity index is 331. The summed E-state index contributed by atoms with van der Waals surface area (Å²) < 4.78 is 31.3. The van der Waals surface area contributed by atoms with Gasteiger partial charge in [-0.1, -0.05) is 0 Å². The number of hydrogen-bond acceptors (Lipinski definition) is 4. The van der Waals surface area contributed by atoms with Gasteiger partial charge in [0.15, 0.2) is 0 Å². The lowest BCUT2D eigenvalue weighted by Gasteiger charge is -2.31. The normalized spacial score (nSPS) is 28.6. The fourth-order valence-corrected chi connectivity index (χ4v) is 4.25. The summed E-state index contributed by atoms with van der Waals surface area (Å²) in [5, 5.41) is 0. The Kier molecular flexibility index (Phi) is 4.41. The van der Waals surface area contributed by atoms with Crippen molar-refractivity contribution in [2.24, 2.45) is 11.7 Å². The maximum absolute atomic E-state index is 12.2. The molecular formula is C11H22N2O3S. The Morgan fingerprint density at radius 2 is 1.94 bits per heavy atom. The highest BCUT2D eigenvalue weighted by Crippen LogP contribution is 2.21. The molecule has 0 aromatic heterocycles. The highest BCUT2D eigenvalue weighted by atomic mass is 32.2. The highest BCUT2D eigenvalue weighted by molar-refractivity contribution is 7.89. The van der Waals surface area contributed by atoms with E-state index in [1.165, 1.54) is 0 Å². The van der Waals surface area contributed by atoms with Gasteiger partial charge in [0.2, 0.25) is 10.0 Å². The van der Waals surface area contributed by atoms with Crippen LogP contribution in [0.5, 0.6) is 0 Å². The number of rotatable bonds is 4. The third kappa shape index (κ3) is 3.40. The van der Waals surface area contributed by atoms with Crippen LogP contribution in [-0.4, -0.2) is 50.8 Å². The Balaban J connectivity index is 1.87. The van der Waals surface area contributed by atoms with Crippen molar-refractivity contribution in [2.45, 2.75) is 31.8 Å². The Labute approximate surface area is 103 Å². The van der Waals surface area contributed by atoms with Crippen molar-refractivity contribution in [3.05, 3.63) is 0 Å². The average Bonchev–Trinajstić information content (AvgIpc) is 2.81. The maximum atomic E-state index is 12.2. The molecule has 0 radical (unpaired) electrons. The minimum atomic E-state index is -3.13. The molecule has 2 N–H and O–H groups in total. The summed E-state index contributed by atoms with van der Waals surface area (Å²) in [6, 6.07) is 0. The smallest absolute Gasteiger partial charge is 0.216 e. The molecule has 1 atom stereocenters. The largest absolute Gasteiger partial charge is 0.377 e. The lowest BCUT2D eigenvalue weighted by Crippen LogP contribution is -2.42. The predicted octanol–water partition coefficient (Wildman–Crippen LogP) is 0.166. The number of ether oxygens (including phenoxy) is 1. The average molecular weight is 262 g/mol. The van der Waals surface area contributed by atoms with E-state index in [0.29, 0.717) is 32.2 Å². The number of sulfonamides is 1. The minimum Gasteiger partial charge on any atom is -0.377 e. The van der Waals surface area contributed by atoms with Gasteiger partial charge in [-0.25, -0.2) is 12.7 Å². The topological polar surface area (TPSA) is 72.6 Å². The fraction of sp³-hybridized carbons (Fsp3) is 1.00. The molecule has 2 aliphatic heterocycles. The van der Waals surface area contributed by atoms with Crippen LogP contribution in [0.15, 0.2) is 0 Å². The standard InChI is InChI=1S/C11H22N2O3S/c12-8-10-3-5-13(6-4-10)17(14,15)9-11-2-1-7-16-11/h10-11H,1-9,12H2. The summed E-state index contributed by atoms with van der Waals surface area (Å²) in [5.41, 5.74) is 5.60. The second kappa shape index (κ2) is 5.65. The maximum Gasteiger partial charge on any atom is 0.216 e. The zero-order valence-electron chi connectivity index (χ0n) is 10.2. The van der Waals surface area contributed by atoms with E-state index < -0.39 is 10.0 Å². The van der Waals surface area contributed by atoms with Gasteiger partial charge in [0, 0.05) is 19.7 Å². The molecule has 2 aliphatic rings. The van der Waals surface area contributed by atoms with Gasteiger partial charge < -0.3 is 10.5 Å². The van der Waals surface area contributed by atoms with Gasteiger partial charge in [-0.15, -0.1) is 0 Å². The number of nitrogens with two attached hydrogens (primary N) is 1. The zero-order valence-corrected chi connectivity index (χ0v) is 11.0. The Morgan fingerprint density at radius 1 is 1.24 bits per heavy atom. The summed E-state index contributed by atoms with van der Waals surface area (Å²) in [6.07, 6.45) is 3.54. The Morgan fingerprint density at radius 3 is 2.47 bits per heavy atom. The van der Waals surface area contributed by atoms with E-state index >= 15 is 0 Å². The van der Waals surface area contributed by atoms with E-state index in [1.807, 2.05) is 0 Å². The van der Waals surface area contributed by atoms with Crippen molar-refractivity contribution < 1.29 is 13.2 Å². The molecule has 0 bridgehead atoms. The van der Waals surface area contributed by atoms with Crippen LogP contribution in [0, 0.1) is 5.92 Å². The van der Waals surface area contributed by atoms with Gasteiger partial charge in [-0.2, -0.15) is 0 Å².